The van der Waals surface area contributed by atoms with E-state index in [9.17, 15) is 18.0 Å². The molecule has 30 heavy (non-hydrogen) atoms. The zero-order valence-electron chi connectivity index (χ0n) is 17.2. The largest absolute Gasteiger partial charge is 0.466 e. The maximum atomic E-state index is 12.5. The minimum atomic E-state index is -3.58. The predicted octanol–water partition coefficient (Wildman–Crippen LogP) is 3.05. The van der Waals surface area contributed by atoms with Gasteiger partial charge in [-0.2, -0.15) is 0 Å². The number of benzene rings is 1. The number of thiazole rings is 1. The quantitative estimate of drug-likeness (QED) is 0.404. The molecule has 2 aromatic rings. The second-order valence-electron chi connectivity index (χ2n) is 6.64. The molecule has 0 radical (unpaired) electrons. The van der Waals surface area contributed by atoms with E-state index >= 15 is 0 Å². The summed E-state index contributed by atoms with van der Waals surface area (Å²) in [7, 11) is -3.58. The van der Waals surface area contributed by atoms with Crippen LogP contribution in [-0.4, -0.2) is 43.2 Å². The summed E-state index contributed by atoms with van der Waals surface area (Å²) in [5.41, 5.74) is 1.11. The molecule has 0 fully saturated rings. The van der Waals surface area contributed by atoms with Crippen LogP contribution in [0.5, 0.6) is 0 Å². The molecule has 0 saturated heterocycles. The Bertz CT molecular complexity index is 972. The molecular formula is C19H25N3O5S3. The predicted molar refractivity (Wildman–Crippen MR) is 118 cm³/mol. The Balaban J connectivity index is 1.93. The molecule has 1 atom stereocenters. The highest BCUT2D eigenvalue weighted by atomic mass is 32.2. The summed E-state index contributed by atoms with van der Waals surface area (Å²) in [6.45, 7) is 7.30. The van der Waals surface area contributed by atoms with Gasteiger partial charge in [-0.05, 0) is 52.0 Å². The van der Waals surface area contributed by atoms with E-state index in [2.05, 4.69) is 15.0 Å². The number of esters is 1. The van der Waals surface area contributed by atoms with Crippen molar-refractivity contribution in [1.82, 2.24) is 9.71 Å². The standard InChI is InChI=1S/C19H25N3O5S3/c1-5-27-17(23)10-15-11-28-19(21-15)29-13(4)18(24)20-14-6-8-16(9-7-14)30(25,26)22-12(2)3/h6-9,11-13,22H,5,10H2,1-4H3,(H,20,24)/t13-/m0/s1. The number of hydrogen-bond acceptors (Lipinski definition) is 8. The Morgan fingerprint density at radius 2 is 1.87 bits per heavy atom. The molecule has 1 aromatic carbocycles. The highest BCUT2D eigenvalue weighted by molar-refractivity contribution is 8.02. The number of ether oxygens (including phenoxy) is 1. The van der Waals surface area contributed by atoms with Gasteiger partial charge in [0.05, 0.1) is 28.9 Å². The third-order valence-electron chi connectivity index (χ3n) is 3.63. The first-order valence-corrected chi connectivity index (χ1v) is 12.5. The number of nitrogens with one attached hydrogen (secondary N) is 2. The number of amides is 1. The molecule has 0 aliphatic rings. The summed E-state index contributed by atoms with van der Waals surface area (Å²) in [6.07, 6.45) is 0.104. The molecule has 1 amide bonds. The molecule has 11 heteroatoms. The van der Waals surface area contributed by atoms with Gasteiger partial charge >= 0.3 is 5.97 Å². The molecular weight excluding hydrogens is 446 g/mol. The van der Waals surface area contributed by atoms with Gasteiger partial charge in [-0.3, -0.25) is 9.59 Å². The monoisotopic (exact) mass is 471 g/mol. The minimum Gasteiger partial charge on any atom is -0.466 e. The van der Waals surface area contributed by atoms with E-state index < -0.39 is 15.3 Å². The maximum Gasteiger partial charge on any atom is 0.311 e. The van der Waals surface area contributed by atoms with Crippen LogP contribution in [0, 0.1) is 0 Å². The Hall–Kier alpha value is -1.95. The molecule has 2 N–H and O–H groups in total. The van der Waals surface area contributed by atoms with Crippen LogP contribution in [0.3, 0.4) is 0 Å². The highest BCUT2D eigenvalue weighted by Crippen LogP contribution is 2.28. The molecule has 0 unspecified atom stereocenters. The van der Waals surface area contributed by atoms with E-state index in [1.165, 1.54) is 35.2 Å². The van der Waals surface area contributed by atoms with Crippen molar-refractivity contribution in [2.75, 3.05) is 11.9 Å². The van der Waals surface area contributed by atoms with E-state index in [1.54, 1.807) is 45.2 Å². The zero-order valence-corrected chi connectivity index (χ0v) is 19.6. The molecule has 0 aliphatic heterocycles. The fraction of sp³-hybridized carbons (Fsp3) is 0.421. The van der Waals surface area contributed by atoms with Crippen molar-refractivity contribution in [1.29, 1.82) is 0 Å². The molecule has 0 spiro atoms. The lowest BCUT2D eigenvalue weighted by Crippen LogP contribution is -2.30. The van der Waals surface area contributed by atoms with Crippen LogP contribution in [0.25, 0.3) is 0 Å². The Morgan fingerprint density at radius 1 is 1.20 bits per heavy atom. The fourth-order valence-corrected chi connectivity index (χ4v) is 5.56. The minimum absolute atomic E-state index is 0.104. The lowest BCUT2D eigenvalue weighted by molar-refractivity contribution is -0.142. The van der Waals surface area contributed by atoms with Gasteiger partial charge < -0.3 is 10.1 Å². The fourth-order valence-electron chi connectivity index (χ4n) is 2.33. The van der Waals surface area contributed by atoms with Crippen molar-refractivity contribution < 1.29 is 22.7 Å². The second-order valence-corrected chi connectivity index (χ2v) is 10.8. The van der Waals surface area contributed by atoms with Gasteiger partial charge in [-0.1, -0.05) is 11.8 Å². The van der Waals surface area contributed by atoms with Gasteiger partial charge in [-0.25, -0.2) is 18.1 Å². The van der Waals surface area contributed by atoms with E-state index in [0.717, 1.165) is 0 Å². The Morgan fingerprint density at radius 3 is 2.47 bits per heavy atom. The molecule has 8 nitrogen and oxygen atoms in total. The number of hydrogen-bond donors (Lipinski definition) is 2. The second kappa shape index (κ2) is 10.9. The van der Waals surface area contributed by atoms with Crippen LogP contribution in [-0.2, 0) is 30.8 Å². The number of nitrogens with zero attached hydrogens (tertiary/aromatic N) is 1. The van der Waals surface area contributed by atoms with Crippen molar-refractivity contribution in [3.63, 3.8) is 0 Å². The Labute approximate surface area is 184 Å². The third-order valence-corrected chi connectivity index (χ3v) is 7.43. The van der Waals surface area contributed by atoms with Crippen molar-refractivity contribution >= 4 is 50.7 Å². The average molecular weight is 472 g/mol. The van der Waals surface area contributed by atoms with Crippen LogP contribution in [0.4, 0.5) is 5.69 Å². The summed E-state index contributed by atoms with van der Waals surface area (Å²) in [6, 6.07) is 5.77. The first-order chi connectivity index (χ1) is 14.1. The number of thioether (sulfide) groups is 1. The van der Waals surface area contributed by atoms with Gasteiger partial charge in [0.2, 0.25) is 15.9 Å². The zero-order chi connectivity index (χ0) is 22.3. The van der Waals surface area contributed by atoms with E-state index in [1.807, 2.05) is 0 Å². The van der Waals surface area contributed by atoms with Gasteiger partial charge in [-0.15, -0.1) is 11.3 Å². The third kappa shape index (κ3) is 7.38. The molecule has 0 bridgehead atoms. The first kappa shape index (κ1) is 24.3. The van der Waals surface area contributed by atoms with Crippen LogP contribution in [0.1, 0.15) is 33.4 Å². The van der Waals surface area contributed by atoms with Crippen LogP contribution in [0.15, 0.2) is 38.9 Å². The molecule has 0 aliphatic carbocycles. The molecule has 1 aromatic heterocycles. The number of aromatic nitrogens is 1. The van der Waals surface area contributed by atoms with E-state index in [-0.39, 0.29) is 29.2 Å². The lowest BCUT2D eigenvalue weighted by atomic mass is 10.3. The van der Waals surface area contributed by atoms with Gasteiger partial charge in [0.1, 0.15) is 0 Å². The summed E-state index contributed by atoms with van der Waals surface area (Å²) >= 11 is 2.65. The van der Waals surface area contributed by atoms with E-state index in [4.69, 9.17) is 4.74 Å². The molecule has 2 rings (SSSR count). The summed E-state index contributed by atoms with van der Waals surface area (Å²) in [5.74, 6) is -0.572. The van der Waals surface area contributed by atoms with Gasteiger partial charge in [0.15, 0.2) is 4.34 Å². The smallest absolute Gasteiger partial charge is 0.311 e. The van der Waals surface area contributed by atoms with Crippen LogP contribution < -0.4 is 10.0 Å². The van der Waals surface area contributed by atoms with E-state index in [0.29, 0.717) is 22.3 Å². The normalized spacial score (nSPS) is 12.6. The van der Waals surface area contributed by atoms with Crippen LogP contribution >= 0.6 is 23.1 Å². The van der Waals surface area contributed by atoms with Crippen molar-refractivity contribution in [2.24, 2.45) is 0 Å². The van der Waals surface area contributed by atoms with Crippen molar-refractivity contribution in [3.8, 4) is 0 Å². The highest BCUT2D eigenvalue weighted by Gasteiger charge is 2.19. The Kier molecular flexibility index (Phi) is 8.83. The number of anilines is 1. The van der Waals surface area contributed by atoms with Gasteiger partial charge in [0.25, 0.3) is 0 Å². The summed E-state index contributed by atoms with van der Waals surface area (Å²) in [4.78, 5) is 28.5. The lowest BCUT2D eigenvalue weighted by Gasteiger charge is -2.12. The summed E-state index contributed by atoms with van der Waals surface area (Å²) < 4.78 is 32.4. The van der Waals surface area contributed by atoms with Crippen molar-refractivity contribution in [3.05, 3.63) is 35.3 Å². The summed E-state index contributed by atoms with van der Waals surface area (Å²) in [5, 5.41) is 4.10. The van der Waals surface area contributed by atoms with Crippen LogP contribution in [0.2, 0.25) is 0 Å². The number of carbonyl (C=O) groups excluding carboxylic acids is 2. The van der Waals surface area contributed by atoms with Gasteiger partial charge in [0, 0.05) is 17.1 Å². The maximum absolute atomic E-state index is 12.5. The SMILES string of the molecule is CCOC(=O)Cc1csc(S[C@@H](C)C(=O)Nc2ccc(S(=O)(=O)NC(C)C)cc2)n1. The average Bonchev–Trinajstić information content (AvgIpc) is 3.07. The topological polar surface area (TPSA) is 114 Å². The first-order valence-electron chi connectivity index (χ1n) is 9.30. The number of sulfonamides is 1. The number of carbonyl (C=O) groups is 2. The van der Waals surface area contributed by atoms with Crippen molar-refractivity contribution in [2.45, 2.75) is 54.6 Å². The molecule has 0 saturated carbocycles. The molecule has 164 valence electrons. The number of rotatable bonds is 10. The molecule has 1 heterocycles.